The van der Waals surface area contributed by atoms with Crippen molar-refractivity contribution in [1.29, 1.82) is 0 Å². The fourth-order valence-corrected chi connectivity index (χ4v) is 1.11. The zero-order valence-electron chi connectivity index (χ0n) is 9.75. The van der Waals surface area contributed by atoms with Gasteiger partial charge in [0.1, 0.15) is 0 Å². The van der Waals surface area contributed by atoms with E-state index in [9.17, 15) is 5.11 Å². The summed E-state index contributed by atoms with van der Waals surface area (Å²) in [6.45, 7) is 6.33. The molecule has 0 aliphatic rings. The van der Waals surface area contributed by atoms with Gasteiger partial charge in [-0.1, -0.05) is 37.6 Å². The normalized spacial score (nSPS) is 15.0. The minimum atomic E-state index is 0.00530. The summed E-state index contributed by atoms with van der Waals surface area (Å²) in [5.74, 6) is 0.197. The van der Waals surface area contributed by atoms with E-state index >= 15 is 0 Å². The van der Waals surface area contributed by atoms with Crippen LogP contribution in [0.1, 0.15) is 46.5 Å². The van der Waals surface area contributed by atoms with Gasteiger partial charge in [0, 0.05) is 5.92 Å². The molecule has 0 heterocycles. The molecule has 0 amide bonds. The maximum Gasteiger partial charge on any atom is 0.0882 e. The Morgan fingerprint density at radius 1 is 1.36 bits per heavy atom. The first-order chi connectivity index (χ1) is 6.70. The quantitative estimate of drug-likeness (QED) is 0.430. The van der Waals surface area contributed by atoms with E-state index in [1.165, 1.54) is 12.0 Å². The molecule has 1 nitrogen and oxygen atoms in total. The van der Waals surface area contributed by atoms with Gasteiger partial charge >= 0.3 is 0 Å². The molecule has 0 aliphatic heterocycles. The van der Waals surface area contributed by atoms with E-state index < -0.39 is 0 Å². The SMILES string of the molecule is CCC(C)=CCCCC=CC(C)C[O]. The largest absolute Gasteiger partial charge is 0.236 e. The van der Waals surface area contributed by atoms with Crippen LogP contribution in [0.3, 0.4) is 0 Å². The van der Waals surface area contributed by atoms with Gasteiger partial charge in [0.25, 0.3) is 0 Å². The van der Waals surface area contributed by atoms with E-state index in [4.69, 9.17) is 0 Å². The number of rotatable bonds is 7. The molecule has 0 N–H and O–H groups in total. The van der Waals surface area contributed by atoms with Crippen LogP contribution in [0.5, 0.6) is 0 Å². The monoisotopic (exact) mass is 195 g/mol. The number of hydrogen-bond acceptors (Lipinski definition) is 0. The van der Waals surface area contributed by atoms with Gasteiger partial charge in [0.15, 0.2) is 0 Å². The standard InChI is InChI=1S/C13H23O/c1-4-12(2)9-7-5-6-8-10-13(3)11-14/h8-10,13H,4-7,11H2,1-3H3. The highest BCUT2D eigenvalue weighted by atomic mass is 16.3. The van der Waals surface area contributed by atoms with Gasteiger partial charge in [-0.15, -0.1) is 0 Å². The Kier molecular flexibility index (Phi) is 8.65. The van der Waals surface area contributed by atoms with Crippen molar-refractivity contribution < 1.29 is 5.11 Å². The van der Waals surface area contributed by atoms with Crippen LogP contribution >= 0.6 is 0 Å². The van der Waals surface area contributed by atoms with Crippen molar-refractivity contribution in [3.63, 3.8) is 0 Å². The van der Waals surface area contributed by atoms with Crippen molar-refractivity contribution in [3.8, 4) is 0 Å². The molecule has 0 saturated heterocycles. The summed E-state index contributed by atoms with van der Waals surface area (Å²) in [7, 11) is 0. The average Bonchev–Trinajstić information content (AvgIpc) is 2.22. The van der Waals surface area contributed by atoms with Gasteiger partial charge in [-0.05, 0) is 32.6 Å². The summed E-state index contributed by atoms with van der Waals surface area (Å²) < 4.78 is 0. The maximum atomic E-state index is 10.4. The van der Waals surface area contributed by atoms with E-state index in [1.807, 2.05) is 13.0 Å². The molecule has 0 spiro atoms. The van der Waals surface area contributed by atoms with Gasteiger partial charge in [-0.25, -0.2) is 5.11 Å². The van der Waals surface area contributed by atoms with E-state index in [1.54, 1.807) is 0 Å². The second-order valence-corrected chi connectivity index (χ2v) is 3.91. The molecule has 0 aromatic carbocycles. The summed E-state index contributed by atoms with van der Waals surface area (Å²) in [6, 6.07) is 0. The second kappa shape index (κ2) is 9.01. The van der Waals surface area contributed by atoms with Gasteiger partial charge in [-0.3, -0.25) is 0 Å². The Morgan fingerprint density at radius 2 is 2.07 bits per heavy atom. The molecule has 0 bridgehead atoms. The topological polar surface area (TPSA) is 19.9 Å². The van der Waals surface area contributed by atoms with E-state index in [2.05, 4.69) is 26.0 Å². The van der Waals surface area contributed by atoms with Crippen LogP contribution in [0.2, 0.25) is 0 Å². The van der Waals surface area contributed by atoms with E-state index in [-0.39, 0.29) is 12.5 Å². The predicted octanol–water partition coefficient (Wildman–Crippen LogP) is 4.14. The zero-order valence-corrected chi connectivity index (χ0v) is 9.75. The summed E-state index contributed by atoms with van der Waals surface area (Å²) >= 11 is 0. The number of hydrogen-bond donors (Lipinski definition) is 0. The smallest absolute Gasteiger partial charge is 0.0882 e. The summed E-state index contributed by atoms with van der Waals surface area (Å²) in [5, 5.41) is 10.4. The Bertz CT molecular complexity index is 180. The highest BCUT2D eigenvalue weighted by Gasteiger charge is 1.92. The lowest BCUT2D eigenvalue weighted by Crippen LogP contribution is -1.92. The van der Waals surface area contributed by atoms with Gasteiger partial charge in [0.05, 0.1) is 6.61 Å². The van der Waals surface area contributed by atoms with Crippen molar-refractivity contribution >= 4 is 0 Å². The van der Waals surface area contributed by atoms with E-state index in [0.717, 1.165) is 19.3 Å². The Labute approximate surface area is 88.5 Å². The molecule has 0 saturated carbocycles. The summed E-state index contributed by atoms with van der Waals surface area (Å²) in [6.07, 6.45) is 11.1. The molecule has 1 atom stereocenters. The van der Waals surface area contributed by atoms with Crippen molar-refractivity contribution in [2.75, 3.05) is 6.61 Å². The van der Waals surface area contributed by atoms with Crippen LogP contribution in [-0.4, -0.2) is 6.61 Å². The Balaban J connectivity index is 3.42. The lowest BCUT2D eigenvalue weighted by molar-refractivity contribution is 0.168. The summed E-state index contributed by atoms with van der Waals surface area (Å²) in [4.78, 5) is 0. The van der Waals surface area contributed by atoms with Crippen LogP contribution in [0, 0.1) is 5.92 Å². The number of allylic oxidation sites excluding steroid dienone is 3. The summed E-state index contributed by atoms with van der Waals surface area (Å²) in [5.41, 5.74) is 1.47. The fourth-order valence-electron chi connectivity index (χ4n) is 1.11. The second-order valence-electron chi connectivity index (χ2n) is 3.91. The molecule has 1 radical (unpaired) electrons. The molecule has 1 heteroatoms. The van der Waals surface area contributed by atoms with Gasteiger partial charge in [-0.2, -0.15) is 0 Å². The van der Waals surface area contributed by atoms with Crippen molar-refractivity contribution in [2.45, 2.75) is 46.5 Å². The highest BCUT2D eigenvalue weighted by molar-refractivity contribution is 4.96. The van der Waals surface area contributed by atoms with Gasteiger partial charge < -0.3 is 0 Å². The van der Waals surface area contributed by atoms with Crippen LogP contribution in [0.4, 0.5) is 0 Å². The molecule has 0 rings (SSSR count). The third-order valence-corrected chi connectivity index (χ3v) is 2.35. The van der Waals surface area contributed by atoms with Crippen molar-refractivity contribution in [3.05, 3.63) is 23.8 Å². The molecule has 0 aromatic heterocycles. The lowest BCUT2D eigenvalue weighted by atomic mass is 10.1. The van der Waals surface area contributed by atoms with Crippen LogP contribution in [-0.2, 0) is 5.11 Å². The predicted molar refractivity (Wildman–Crippen MR) is 61.8 cm³/mol. The van der Waals surface area contributed by atoms with Gasteiger partial charge in [0.2, 0.25) is 0 Å². The first-order valence-corrected chi connectivity index (χ1v) is 5.61. The third kappa shape index (κ3) is 8.06. The van der Waals surface area contributed by atoms with Crippen LogP contribution < -0.4 is 0 Å². The molecule has 0 aromatic rings. The molecular formula is C13H23O. The zero-order chi connectivity index (χ0) is 10.8. The number of unbranched alkanes of at least 4 members (excludes halogenated alkanes) is 2. The Hall–Kier alpha value is -0.560. The molecule has 1 unspecified atom stereocenters. The maximum absolute atomic E-state index is 10.4. The first-order valence-electron chi connectivity index (χ1n) is 5.61. The van der Waals surface area contributed by atoms with Crippen molar-refractivity contribution in [2.24, 2.45) is 5.92 Å². The van der Waals surface area contributed by atoms with Crippen molar-refractivity contribution in [1.82, 2.24) is 0 Å². The molecule has 14 heavy (non-hydrogen) atoms. The first kappa shape index (κ1) is 13.4. The third-order valence-electron chi connectivity index (χ3n) is 2.35. The molecule has 81 valence electrons. The van der Waals surface area contributed by atoms with Crippen LogP contribution in [0.15, 0.2) is 23.8 Å². The molecule has 0 fully saturated rings. The fraction of sp³-hybridized carbons (Fsp3) is 0.692. The highest BCUT2D eigenvalue weighted by Crippen LogP contribution is 2.05. The molecular weight excluding hydrogens is 172 g/mol. The van der Waals surface area contributed by atoms with Crippen LogP contribution in [0.25, 0.3) is 0 Å². The average molecular weight is 195 g/mol. The Morgan fingerprint density at radius 3 is 2.64 bits per heavy atom. The molecule has 0 aliphatic carbocycles. The minimum Gasteiger partial charge on any atom is -0.236 e. The van der Waals surface area contributed by atoms with E-state index in [0.29, 0.717) is 0 Å². The lowest BCUT2D eigenvalue weighted by Gasteiger charge is -1.97. The minimum absolute atomic E-state index is 0.00530.